The first-order chi connectivity index (χ1) is 5.22. The van der Waals surface area contributed by atoms with E-state index >= 15 is 0 Å². The van der Waals surface area contributed by atoms with E-state index in [1.165, 1.54) is 0 Å². The molecule has 1 heterocycles. The Labute approximate surface area is 70.9 Å². The number of aliphatic hydroxyl groups excluding tert-OH is 1. The molecule has 0 aliphatic carbocycles. The number of nitrogens with zero attached hydrogens (tertiary/aromatic N) is 1. The predicted octanol–water partition coefficient (Wildman–Crippen LogP) is 1.83. The van der Waals surface area contributed by atoms with Gasteiger partial charge in [-0.1, -0.05) is 13.8 Å². The van der Waals surface area contributed by atoms with E-state index in [1.807, 2.05) is 5.38 Å². The molecule has 11 heavy (non-hydrogen) atoms. The molecule has 1 N–H and O–H groups in total. The van der Waals surface area contributed by atoms with Crippen molar-refractivity contribution in [1.29, 1.82) is 0 Å². The predicted molar refractivity (Wildman–Crippen MR) is 46.6 cm³/mol. The van der Waals surface area contributed by atoms with Gasteiger partial charge < -0.3 is 5.11 Å². The summed E-state index contributed by atoms with van der Waals surface area (Å²) in [5.41, 5.74) is 0.797. The fourth-order valence-electron chi connectivity index (χ4n) is 0.865. The van der Waals surface area contributed by atoms with Gasteiger partial charge in [0.25, 0.3) is 0 Å². The zero-order chi connectivity index (χ0) is 8.27. The average molecular weight is 171 g/mol. The molecule has 2 nitrogen and oxygen atoms in total. The number of aliphatic hydroxyl groups is 1. The zero-order valence-electron chi connectivity index (χ0n) is 6.87. The van der Waals surface area contributed by atoms with E-state index in [1.54, 1.807) is 11.3 Å². The summed E-state index contributed by atoms with van der Waals surface area (Å²) in [6, 6.07) is 0. The van der Waals surface area contributed by atoms with Gasteiger partial charge in [0, 0.05) is 11.8 Å². The monoisotopic (exact) mass is 171 g/mol. The minimum absolute atomic E-state index is 0.0641. The Balaban J connectivity index is 2.58. The largest absolute Gasteiger partial charge is 0.390 e. The van der Waals surface area contributed by atoms with Crippen LogP contribution in [-0.4, -0.2) is 10.1 Å². The van der Waals surface area contributed by atoms with Crippen LogP contribution in [0.3, 0.4) is 0 Å². The number of hydrogen-bond donors (Lipinski definition) is 1. The summed E-state index contributed by atoms with van der Waals surface area (Å²) in [6.45, 7) is 4.40. The van der Waals surface area contributed by atoms with E-state index in [2.05, 4.69) is 18.8 Å². The third-order valence-electron chi connectivity index (χ3n) is 1.34. The van der Waals surface area contributed by atoms with Crippen LogP contribution in [0.25, 0.3) is 0 Å². The molecule has 0 aliphatic heterocycles. The Kier molecular flexibility index (Phi) is 3.02. The lowest BCUT2D eigenvalue weighted by molar-refractivity contribution is 0.277. The number of hydrogen-bond acceptors (Lipinski definition) is 3. The highest BCUT2D eigenvalue weighted by atomic mass is 32.1. The quantitative estimate of drug-likeness (QED) is 0.752. The molecule has 0 bridgehead atoms. The van der Waals surface area contributed by atoms with Gasteiger partial charge in [-0.05, 0) is 5.92 Å². The molecular formula is C8H13NOS. The summed E-state index contributed by atoms with van der Waals surface area (Å²) >= 11 is 1.63. The summed E-state index contributed by atoms with van der Waals surface area (Å²) in [6.07, 6.45) is 1.02. The Hall–Kier alpha value is -0.410. The second kappa shape index (κ2) is 3.83. The van der Waals surface area contributed by atoms with Gasteiger partial charge in [0.05, 0.1) is 17.3 Å². The molecule has 0 radical (unpaired) electrons. The summed E-state index contributed by atoms with van der Waals surface area (Å²) in [7, 11) is 0. The lowest BCUT2D eigenvalue weighted by atomic mass is 10.1. The fourth-order valence-corrected chi connectivity index (χ4v) is 1.86. The highest BCUT2D eigenvalue weighted by Gasteiger charge is 2.02. The molecule has 62 valence electrons. The van der Waals surface area contributed by atoms with Crippen molar-refractivity contribution in [2.24, 2.45) is 5.92 Å². The zero-order valence-corrected chi connectivity index (χ0v) is 7.69. The van der Waals surface area contributed by atoms with Crippen LogP contribution in [0.15, 0.2) is 5.38 Å². The van der Waals surface area contributed by atoms with E-state index in [9.17, 15) is 0 Å². The summed E-state index contributed by atoms with van der Waals surface area (Å²) in [5, 5.41) is 11.8. The molecule has 0 unspecified atom stereocenters. The molecule has 0 atom stereocenters. The Morgan fingerprint density at radius 3 is 2.82 bits per heavy atom. The van der Waals surface area contributed by atoms with Gasteiger partial charge in [0.2, 0.25) is 0 Å². The summed E-state index contributed by atoms with van der Waals surface area (Å²) < 4.78 is 0. The standard InChI is InChI=1S/C8H13NOS/c1-6(2)3-8-9-7(4-10)5-11-8/h5-6,10H,3-4H2,1-2H3. The Morgan fingerprint density at radius 1 is 1.64 bits per heavy atom. The van der Waals surface area contributed by atoms with Crippen molar-refractivity contribution in [3.8, 4) is 0 Å². The van der Waals surface area contributed by atoms with Crippen LogP contribution in [0.5, 0.6) is 0 Å². The first-order valence-corrected chi connectivity index (χ1v) is 4.64. The van der Waals surface area contributed by atoms with Crippen molar-refractivity contribution >= 4 is 11.3 Å². The third kappa shape index (κ3) is 2.60. The summed E-state index contributed by atoms with van der Waals surface area (Å²) in [4.78, 5) is 4.24. The van der Waals surface area contributed by atoms with Crippen LogP contribution < -0.4 is 0 Å². The van der Waals surface area contributed by atoms with Gasteiger partial charge >= 0.3 is 0 Å². The van der Waals surface area contributed by atoms with Crippen LogP contribution in [-0.2, 0) is 13.0 Å². The first kappa shape index (κ1) is 8.68. The Morgan fingerprint density at radius 2 is 2.36 bits per heavy atom. The normalized spacial score (nSPS) is 10.9. The molecule has 1 rings (SSSR count). The minimum Gasteiger partial charge on any atom is -0.390 e. The van der Waals surface area contributed by atoms with Crippen molar-refractivity contribution < 1.29 is 5.11 Å². The van der Waals surface area contributed by atoms with E-state index in [4.69, 9.17) is 5.11 Å². The molecule has 0 saturated heterocycles. The Bertz CT molecular complexity index is 220. The van der Waals surface area contributed by atoms with Gasteiger partial charge in [-0.25, -0.2) is 4.98 Å². The SMILES string of the molecule is CC(C)Cc1nc(CO)cs1. The molecule has 0 spiro atoms. The van der Waals surface area contributed by atoms with Crippen molar-refractivity contribution in [3.63, 3.8) is 0 Å². The second-order valence-corrected chi connectivity index (χ2v) is 3.93. The van der Waals surface area contributed by atoms with Crippen LogP contribution in [0, 0.1) is 5.92 Å². The number of thiazole rings is 1. The summed E-state index contributed by atoms with van der Waals surface area (Å²) in [5.74, 6) is 0.646. The highest BCUT2D eigenvalue weighted by Crippen LogP contribution is 2.13. The van der Waals surface area contributed by atoms with Crippen molar-refractivity contribution in [1.82, 2.24) is 4.98 Å². The first-order valence-electron chi connectivity index (χ1n) is 3.76. The van der Waals surface area contributed by atoms with Crippen molar-refractivity contribution in [2.45, 2.75) is 26.9 Å². The molecular weight excluding hydrogens is 158 g/mol. The smallest absolute Gasteiger partial charge is 0.0931 e. The molecule has 0 aromatic carbocycles. The fraction of sp³-hybridized carbons (Fsp3) is 0.625. The molecule has 0 amide bonds. The molecule has 1 aromatic heterocycles. The van der Waals surface area contributed by atoms with E-state index < -0.39 is 0 Å². The molecule has 0 aliphatic rings. The average Bonchev–Trinajstić information content (AvgIpc) is 2.34. The van der Waals surface area contributed by atoms with Crippen molar-refractivity contribution in [2.75, 3.05) is 0 Å². The minimum atomic E-state index is 0.0641. The van der Waals surface area contributed by atoms with Gasteiger partial charge in [0.1, 0.15) is 0 Å². The highest BCUT2D eigenvalue weighted by molar-refractivity contribution is 7.09. The second-order valence-electron chi connectivity index (χ2n) is 2.99. The molecule has 3 heteroatoms. The van der Waals surface area contributed by atoms with E-state index in [0.29, 0.717) is 5.92 Å². The van der Waals surface area contributed by atoms with Crippen LogP contribution in [0.1, 0.15) is 24.5 Å². The van der Waals surface area contributed by atoms with E-state index in [0.717, 1.165) is 17.1 Å². The number of aromatic nitrogens is 1. The maximum atomic E-state index is 8.73. The molecule has 1 aromatic rings. The topological polar surface area (TPSA) is 33.1 Å². The maximum absolute atomic E-state index is 8.73. The van der Waals surface area contributed by atoms with Crippen LogP contribution in [0.4, 0.5) is 0 Å². The van der Waals surface area contributed by atoms with E-state index in [-0.39, 0.29) is 6.61 Å². The van der Waals surface area contributed by atoms with Gasteiger partial charge in [-0.15, -0.1) is 11.3 Å². The van der Waals surface area contributed by atoms with Crippen LogP contribution >= 0.6 is 11.3 Å². The molecule has 0 fully saturated rings. The maximum Gasteiger partial charge on any atom is 0.0931 e. The lowest BCUT2D eigenvalue weighted by Crippen LogP contribution is -1.93. The number of rotatable bonds is 3. The van der Waals surface area contributed by atoms with Crippen LogP contribution in [0.2, 0.25) is 0 Å². The van der Waals surface area contributed by atoms with Crippen molar-refractivity contribution in [3.05, 3.63) is 16.1 Å². The van der Waals surface area contributed by atoms with Gasteiger partial charge in [-0.2, -0.15) is 0 Å². The van der Waals surface area contributed by atoms with Gasteiger partial charge in [0.15, 0.2) is 0 Å². The van der Waals surface area contributed by atoms with Gasteiger partial charge in [-0.3, -0.25) is 0 Å². The third-order valence-corrected chi connectivity index (χ3v) is 2.26. The lowest BCUT2D eigenvalue weighted by Gasteiger charge is -1.97. The molecule has 0 saturated carbocycles.